The van der Waals surface area contributed by atoms with Crippen molar-refractivity contribution < 1.29 is 23.4 Å². The predicted molar refractivity (Wildman–Crippen MR) is 158 cm³/mol. The smallest absolute Gasteiger partial charge is 0.290 e. The number of halogens is 1. The summed E-state index contributed by atoms with van der Waals surface area (Å²) in [6.07, 6.45) is 1.70. The van der Waals surface area contributed by atoms with Gasteiger partial charge in [-0.2, -0.15) is 0 Å². The van der Waals surface area contributed by atoms with E-state index >= 15 is 0 Å². The van der Waals surface area contributed by atoms with Gasteiger partial charge < -0.3 is 23.5 Å². The molecule has 0 N–H and O–H groups in total. The van der Waals surface area contributed by atoms with Gasteiger partial charge in [0.15, 0.2) is 16.9 Å². The first-order valence-electron chi connectivity index (χ1n) is 14.1. The van der Waals surface area contributed by atoms with Gasteiger partial charge in [-0.15, -0.1) is 0 Å². The summed E-state index contributed by atoms with van der Waals surface area (Å²) < 4.78 is 24.4. The van der Waals surface area contributed by atoms with Gasteiger partial charge in [0.2, 0.25) is 5.76 Å². The molecule has 40 heavy (non-hydrogen) atoms. The van der Waals surface area contributed by atoms with Crippen molar-refractivity contribution in [1.29, 1.82) is 0 Å². The molecule has 1 saturated heterocycles. The van der Waals surface area contributed by atoms with Crippen LogP contribution in [0, 0.1) is 5.92 Å². The average molecular weight is 614 g/mol. The van der Waals surface area contributed by atoms with E-state index in [1.54, 1.807) is 23.1 Å². The second-order valence-corrected chi connectivity index (χ2v) is 11.6. The molecule has 1 aromatic heterocycles. The van der Waals surface area contributed by atoms with Crippen LogP contribution in [0.5, 0.6) is 11.5 Å². The highest BCUT2D eigenvalue weighted by Gasteiger charge is 2.42. The van der Waals surface area contributed by atoms with E-state index in [0.717, 1.165) is 55.7 Å². The zero-order chi connectivity index (χ0) is 28.2. The first kappa shape index (κ1) is 28.6. The fourth-order valence-corrected chi connectivity index (χ4v) is 5.71. The van der Waals surface area contributed by atoms with Crippen molar-refractivity contribution in [2.75, 3.05) is 52.6 Å². The Hall–Kier alpha value is -2.88. The second kappa shape index (κ2) is 12.7. The molecule has 2 aliphatic rings. The summed E-state index contributed by atoms with van der Waals surface area (Å²) in [5.41, 5.74) is 1.37. The minimum absolute atomic E-state index is 0.117. The fourth-order valence-electron chi connectivity index (χ4n) is 5.35. The molecule has 8 nitrogen and oxygen atoms in total. The molecule has 2 aliphatic heterocycles. The van der Waals surface area contributed by atoms with Crippen LogP contribution in [0.2, 0.25) is 0 Å². The highest BCUT2D eigenvalue weighted by molar-refractivity contribution is 9.10. The minimum atomic E-state index is -0.587. The minimum Gasteiger partial charge on any atom is -0.490 e. The van der Waals surface area contributed by atoms with E-state index in [1.165, 1.54) is 0 Å². The van der Waals surface area contributed by atoms with Gasteiger partial charge in [-0.05, 0) is 61.6 Å². The molecular formula is C31H37BrN2O6. The van der Waals surface area contributed by atoms with E-state index in [4.69, 9.17) is 18.6 Å². The van der Waals surface area contributed by atoms with Gasteiger partial charge in [0.1, 0.15) is 5.58 Å². The molecule has 1 unspecified atom stereocenters. The molecule has 0 saturated carbocycles. The highest BCUT2D eigenvalue weighted by Crippen LogP contribution is 2.41. The second-order valence-electron chi connectivity index (χ2n) is 10.7. The van der Waals surface area contributed by atoms with Gasteiger partial charge in [0.25, 0.3) is 5.91 Å². The predicted octanol–water partition coefficient (Wildman–Crippen LogP) is 5.65. The number of hydrogen-bond donors (Lipinski definition) is 0. The Labute approximate surface area is 243 Å². The number of ether oxygens (including phenoxy) is 3. The van der Waals surface area contributed by atoms with Crippen LogP contribution in [0.25, 0.3) is 11.0 Å². The van der Waals surface area contributed by atoms with Crippen molar-refractivity contribution >= 4 is 32.8 Å². The van der Waals surface area contributed by atoms with Crippen molar-refractivity contribution in [3.05, 3.63) is 68.0 Å². The highest BCUT2D eigenvalue weighted by atomic mass is 79.9. The van der Waals surface area contributed by atoms with Crippen LogP contribution in [-0.2, 0) is 4.74 Å². The van der Waals surface area contributed by atoms with Crippen LogP contribution in [0.1, 0.15) is 61.3 Å². The van der Waals surface area contributed by atoms with Crippen LogP contribution >= 0.6 is 15.9 Å². The zero-order valence-corrected chi connectivity index (χ0v) is 25.0. The molecule has 3 heterocycles. The largest absolute Gasteiger partial charge is 0.490 e. The molecule has 0 aliphatic carbocycles. The van der Waals surface area contributed by atoms with Crippen LogP contribution in [-0.4, -0.2) is 68.3 Å². The third kappa shape index (κ3) is 6.06. The lowest BCUT2D eigenvalue weighted by Gasteiger charge is -2.29. The number of carbonyl (C=O) groups is 1. The summed E-state index contributed by atoms with van der Waals surface area (Å²) in [5, 5.41) is 0.444. The first-order chi connectivity index (χ1) is 19.4. The maximum Gasteiger partial charge on any atom is 0.290 e. The third-order valence-electron chi connectivity index (χ3n) is 7.44. The first-order valence-corrected chi connectivity index (χ1v) is 14.9. The van der Waals surface area contributed by atoms with Gasteiger partial charge in [-0.1, -0.05) is 35.8 Å². The number of fused-ring (bicyclic) bond motifs is 2. The number of rotatable bonds is 11. The Morgan fingerprint density at radius 1 is 1.02 bits per heavy atom. The Morgan fingerprint density at radius 2 is 1.82 bits per heavy atom. The van der Waals surface area contributed by atoms with Crippen LogP contribution < -0.4 is 14.9 Å². The van der Waals surface area contributed by atoms with E-state index in [1.807, 2.05) is 25.1 Å². The van der Waals surface area contributed by atoms with Crippen molar-refractivity contribution in [2.24, 2.45) is 5.92 Å². The number of amides is 1. The van der Waals surface area contributed by atoms with Gasteiger partial charge >= 0.3 is 0 Å². The fraction of sp³-hybridized carbons (Fsp3) is 0.484. The van der Waals surface area contributed by atoms with Gasteiger partial charge in [-0.3, -0.25) is 14.5 Å². The maximum absolute atomic E-state index is 13.9. The Kier molecular flexibility index (Phi) is 9.13. The molecular weight excluding hydrogens is 576 g/mol. The lowest BCUT2D eigenvalue weighted by molar-refractivity contribution is 0.0353. The summed E-state index contributed by atoms with van der Waals surface area (Å²) in [5.74, 6) is 1.64. The monoisotopic (exact) mass is 612 g/mol. The van der Waals surface area contributed by atoms with Gasteiger partial charge in [-0.25, -0.2) is 0 Å². The SMILES string of the molecule is CCOc1cc(C2c3c(oc4ccc(Br)cc4c3=O)C(=O)N2CCCN2CCOCC2)ccc1OCCC(C)C. The molecule has 0 spiro atoms. The standard InChI is InChI=1S/C31H37BrN2O6/c1-4-38-26-18-21(6-8-25(26)39-15-10-20(2)3)28-27-29(35)23-19-22(32)7-9-24(23)40-30(27)31(36)34(28)12-5-11-33-13-16-37-17-14-33/h6-9,18-20,28H,4-5,10-17H2,1-3H3. The average Bonchev–Trinajstić information content (AvgIpc) is 3.22. The van der Waals surface area contributed by atoms with Crippen molar-refractivity contribution in [3.63, 3.8) is 0 Å². The van der Waals surface area contributed by atoms with Gasteiger partial charge in [0.05, 0.1) is 43.4 Å². The molecule has 1 fully saturated rings. The summed E-state index contributed by atoms with van der Waals surface area (Å²) in [6, 6.07) is 10.4. The molecule has 3 aromatic rings. The van der Waals surface area contributed by atoms with Gasteiger partial charge in [0, 0.05) is 30.7 Å². The number of nitrogens with zero attached hydrogens (tertiary/aromatic N) is 2. The molecule has 214 valence electrons. The molecule has 0 radical (unpaired) electrons. The van der Waals surface area contributed by atoms with Crippen molar-refractivity contribution in [3.8, 4) is 11.5 Å². The molecule has 5 rings (SSSR count). The summed E-state index contributed by atoms with van der Waals surface area (Å²) in [6.45, 7) is 11.8. The molecule has 1 atom stereocenters. The number of hydrogen-bond acceptors (Lipinski definition) is 7. The van der Waals surface area contributed by atoms with Crippen LogP contribution in [0.3, 0.4) is 0 Å². The summed E-state index contributed by atoms with van der Waals surface area (Å²) >= 11 is 3.47. The topological polar surface area (TPSA) is 81.5 Å². The number of morpholine rings is 1. The van der Waals surface area contributed by atoms with Crippen molar-refractivity contribution in [2.45, 2.75) is 39.7 Å². The van der Waals surface area contributed by atoms with Crippen LogP contribution in [0.4, 0.5) is 0 Å². The van der Waals surface area contributed by atoms with E-state index in [9.17, 15) is 9.59 Å². The number of carbonyl (C=O) groups excluding carboxylic acids is 1. The maximum atomic E-state index is 13.9. The normalized spacial score (nSPS) is 17.6. The lowest BCUT2D eigenvalue weighted by atomic mass is 9.98. The summed E-state index contributed by atoms with van der Waals surface area (Å²) in [4.78, 5) is 31.8. The number of benzene rings is 2. The van der Waals surface area contributed by atoms with Crippen LogP contribution in [0.15, 0.2) is 50.1 Å². The molecule has 1 amide bonds. The lowest BCUT2D eigenvalue weighted by Crippen LogP contribution is -2.38. The Morgan fingerprint density at radius 3 is 2.58 bits per heavy atom. The Balaban J connectivity index is 1.52. The van der Waals surface area contributed by atoms with E-state index in [0.29, 0.717) is 53.7 Å². The van der Waals surface area contributed by atoms with E-state index in [2.05, 4.69) is 34.7 Å². The Bertz CT molecular complexity index is 1410. The van der Waals surface area contributed by atoms with E-state index < -0.39 is 6.04 Å². The summed E-state index contributed by atoms with van der Waals surface area (Å²) in [7, 11) is 0. The van der Waals surface area contributed by atoms with E-state index in [-0.39, 0.29) is 17.1 Å². The molecule has 2 aromatic carbocycles. The quantitative estimate of drug-likeness (QED) is 0.277. The third-order valence-corrected chi connectivity index (χ3v) is 7.93. The molecule has 0 bridgehead atoms. The van der Waals surface area contributed by atoms with Crippen molar-refractivity contribution in [1.82, 2.24) is 9.80 Å². The zero-order valence-electron chi connectivity index (χ0n) is 23.4. The molecule has 9 heteroatoms.